The van der Waals surface area contributed by atoms with Crippen LogP contribution in [-0.4, -0.2) is 40.8 Å². The van der Waals surface area contributed by atoms with Crippen molar-refractivity contribution in [3.05, 3.63) is 47.8 Å². The zero-order valence-electron chi connectivity index (χ0n) is 14.6. The number of sulfonamides is 1. The lowest BCUT2D eigenvalue weighted by Gasteiger charge is -2.28. The summed E-state index contributed by atoms with van der Waals surface area (Å²) in [6.45, 7) is 1.34. The molecule has 1 N–H and O–H groups in total. The first kappa shape index (κ1) is 17.7. The van der Waals surface area contributed by atoms with Crippen LogP contribution < -0.4 is 4.74 Å². The second-order valence-corrected chi connectivity index (χ2v) is 8.25. The second-order valence-electron chi connectivity index (χ2n) is 6.34. The molecule has 142 valence electrons. The highest BCUT2D eigenvalue weighted by Crippen LogP contribution is 2.35. The van der Waals surface area contributed by atoms with Crippen LogP contribution in [-0.2, 0) is 23.1 Å². The van der Waals surface area contributed by atoms with Crippen LogP contribution in [0.4, 0.5) is 4.39 Å². The number of halogens is 1. The standard InChI is InChI=1S/C18H18FN3O4S/c1-12-9-13(26-11-19)4-5-16(12)27(24,25)21-7-8-22-15(10-21)17-14(18(22)23)3-2-6-20-17/h2-6,9,23H,7-8,10-11H2,1H3. The molecule has 0 bridgehead atoms. The number of aromatic hydroxyl groups is 1. The van der Waals surface area contributed by atoms with Gasteiger partial charge in [-0.1, -0.05) is 0 Å². The number of aryl methyl sites for hydroxylation is 1. The van der Waals surface area contributed by atoms with Crippen LogP contribution in [0.15, 0.2) is 41.4 Å². The van der Waals surface area contributed by atoms with Gasteiger partial charge in [0.1, 0.15) is 5.75 Å². The Balaban J connectivity index is 1.72. The highest BCUT2D eigenvalue weighted by molar-refractivity contribution is 7.89. The van der Waals surface area contributed by atoms with Crippen LogP contribution >= 0.6 is 0 Å². The van der Waals surface area contributed by atoms with E-state index in [1.807, 2.05) is 0 Å². The minimum absolute atomic E-state index is 0.106. The summed E-state index contributed by atoms with van der Waals surface area (Å²) in [6.07, 6.45) is 1.61. The third-order valence-corrected chi connectivity index (χ3v) is 6.79. The maximum absolute atomic E-state index is 13.1. The van der Waals surface area contributed by atoms with Gasteiger partial charge in [0.15, 0.2) is 0 Å². The summed E-state index contributed by atoms with van der Waals surface area (Å²) in [5.74, 6) is 0.385. The summed E-state index contributed by atoms with van der Waals surface area (Å²) >= 11 is 0. The largest absolute Gasteiger partial charge is 0.494 e. The maximum atomic E-state index is 13.1. The molecule has 2 aromatic heterocycles. The summed E-state index contributed by atoms with van der Waals surface area (Å²) in [4.78, 5) is 4.45. The van der Waals surface area contributed by atoms with E-state index in [2.05, 4.69) is 4.98 Å². The zero-order valence-corrected chi connectivity index (χ0v) is 15.4. The number of fused-ring (bicyclic) bond motifs is 3. The van der Waals surface area contributed by atoms with Crippen molar-refractivity contribution in [3.63, 3.8) is 0 Å². The highest BCUT2D eigenvalue weighted by atomic mass is 32.2. The van der Waals surface area contributed by atoms with Crippen molar-refractivity contribution >= 4 is 20.9 Å². The Morgan fingerprint density at radius 2 is 2.11 bits per heavy atom. The maximum Gasteiger partial charge on any atom is 0.243 e. The van der Waals surface area contributed by atoms with E-state index in [4.69, 9.17) is 4.74 Å². The Labute approximate surface area is 155 Å². The first-order valence-electron chi connectivity index (χ1n) is 8.38. The minimum atomic E-state index is -3.77. The van der Waals surface area contributed by atoms with Crippen LogP contribution in [0.5, 0.6) is 11.6 Å². The van der Waals surface area contributed by atoms with Crippen molar-refractivity contribution < 1.29 is 22.7 Å². The predicted molar refractivity (Wildman–Crippen MR) is 96.8 cm³/mol. The molecular formula is C18H18FN3O4S. The van der Waals surface area contributed by atoms with Gasteiger partial charge in [-0.2, -0.15) is 4.31 Å². The number of aromatic nitrogens is 2. The van der Waals surface area contributed by atoms with Crippen molar-refractivity contribution in [2.45, 2.75) is 24.9 Å². The van der Waals surface area contributed by atoms with E-state index in [-0.39, 0.29) is 29.6 Å². The quantitative estimate of drug-likeness (QED) is 0.739. The van der Waals surface area contributed by atoms with Crippen LogP contribution in [0.3, 0.4) is 0 Å². The molecular weight excluding hydrogens is 373 g/mol. The molecule has 1 aliphatic rings. The van der Waals surface area contributed by atoms with Crippen molar-refractivity contribution in [1.82, 2.24) is 13.9 Å². The fourth-order valence-electron chi connectivity index (χ4n) is 3.48. The fourth-order valence-corrected chi connectivity index (χ4v) is 5.08. The van der Waals surface area contributed by atoms with Gasteiger partial charge in [-0.05, 0) is 42.8 Å². The van der Waals surface area contributed by atoms with Gasteiger partial charge in [0.05, 0.1) is 28.0 Å². The molecule has 3 heterocycles. The molecule has 0 amide bonds. The lowest BCUT2D eigenvalue weighted by molar-refractivity contribution is 0.191. The topological polar surface area (TPSA) is 84.7 Å². The van der Waals surface area contributed by atoms with E-state index < -0.39 is 16.9 Å². The number of hydrogen-bond acceptors (Lipinski definition) is 5. The molecule has 0 saturated heterocycles. The second kappa shape index (κ2) is 6.50. The van der Waals surface area contributed by atoms with Gasteiger partial charge in [-0.3, -0.25) is 4.98 Å². The first-order valence-corrected chi connectivity index (χ1v) is 9.82. The molecule has 0 fully saturated rings. The molecule has 0 spiro atoms. The molecule has 0 saturated carbocycles. The predicted octanol–water partition coefficient (Wildman–Crippen LogP) is 2.56. The number of ether oxygens (including phenoxy) is 1. The Bertz CT molecular complexity index is 1130. The Hall–Kier alpha value is -2.65. The molecule has 7 nitrogen and oxygen atoms in total. The van der Waals surface area contributed by atoms with Gasteiger partial charge < -0.3 is 14.4 Å². The van der Waals surface area contributed by atoms with Crippen molar-refractivity contribution in [3.8, 4) is 11.6 Å². The molecule has 4 rings (SSSR count). The molecule has 9 heteroatoms. The van der Waals surface area contributed by atoms with Crippen molar-refractivity contribution in [2.75, 3.05) is 13.4 Å². The number of benzene rings is 1. The van der Waals surface area contributed by atoms with Crippen LogP contribution in [0.1, 0.15) is 11.3 Å². The van der Waals surface area contributed by atoms with E-state index in [1.165, 1.54) is 22.5 Å². The van der Waals surface area contributed by atoms with Gasteiger partial charge in [-0.15, -0.1) is 0 Å². The van der Waals surface area contributed by atoms with Gasteiger partial charge in [0.2, 0.25) is 22.8 Å². The SMILES string of the molecule is Cc1cc(OCF)ccc1S(=O)(=O)N1CCn2c(O)c3cccnc3c2C1. The molecule has 27 heavy (non-hydrogen) atoms. The Kier molecular flexibility index (Phi) is 4.27. The van der Waals surface area contributed by atoms with Crippen LogP contribution in [0.2, 0.25) is 0 Å². The number of nitrogens with zero attached hydrogens (tertiary/aromatic N) is 3. The summed E-state index contributed by atoms with van der Waals surface area (Å²) in [6, 6.07) is 7.86. The van der Waals surface area contributed by atoms with Crippen molar-refractivity contribution in [2.24, 2.45) is 0 Å². The smallest absolute Gasteiger partial charge is 0.243 e. The summed E-state index contributed by atoms with van der Waals surface area (Å²) in [7, 11) is -3.77. The van der Waals surface area contributed by atoms with Crippen LogP contribution in [0, 0.1) is 6.92 Å². The summed E-state index contributed by atoms with van der Waals surface area (Å²) in [5, 5.41) is 11.0. The zero-order chi connectivity index (χ0) is 19.2. The van der Waals surface area contributed by atoms with Gasteiger partial charge in [-0.25, -0.2) is 12.8 Å². The van der Waals surface area contributed by atoms with Crippen molar-refractivity contribution in [1.29, 1.82) is 0 Å². The normalized spacial score (nSPS) is 15.0. The lowest BCUT2D eigenvalue weighted by Crippen LogP contribution is -2.38. The summed E-state index contributed by atoms with van der Waals surface area (Å²) in [5.41, 5.74) is 1.74. The highest BCUT2D eigenvalue weighted by Gasteiger charge is 2.32. The minimum Gasteiger partial charge on any atom is -0.494 e. The van der Waals surface area contributed by atoms with E-state index in [0.717, 1.165) is 0 Å². The molecule has 1 aromatic carbocycles. The van der Waals surface area contributed by atoms with Crippen LogP contribution in [0.25, 0.3) is 10.9 Å². The van der Waals surface area contributed by atoms with Gasteiger partial charge in [0.25, 0.3) is 0 Å². The molecule has 0 unspecified atom stereocenters. The van der Waals surface area contributed by atoms with Gasteiger partial charge >= 0.3 is 0 Å². The summed E-state index contributed by atoms with van der Waals surface area (Å²) < 4.78 is 46.5. The lowest BCUT2D eigenvalue weighted by atomic mass is 10.2. The van der Waals surface area contributed by atoms with E-state index in [1.54, 1.807) is 29.8 Å². The molecule has 0 aliphatic carbocycles. The molecule has 3 aromatic rings. The monoisotopic (exact) mass is 391 g/mol. The third-order valence-electron chi connectivity index (χ3n) is 4.79. The number of rotatable bonds is 4. The van der Waals surface area contributed by atoms with E-state index in [9.17, 15) is 17.9 Å². The number of pyridine rings is 1. The average molecular weight is 391 g/mol. The Morgan fingerprint density at radius 1 is 1.30 bits per heavy atom. The molecule has 1 aliphatic heterocycles. The average Bonchev–Trinajstić information content (AvgIpc) is 2.94. The van der Waals surface area contributed by atoms with E-state index >= 15 is 0 Å². The van der Waals surface area contributed by atoms with Gasteiger partial charge in [0, 0.05) is 19.3 Å². The van der Waals surface area contributed by atoms with E-state index in [0.29, 0.717) is 28.7 Å². The molecule has 0 atom stereocenters. The fraction of sp³-hybridized carbons (Fsp3) is 0.278. The molecule has 0 radical (unpaired) electrons. The Morgan fingerprint density at radius 3 is 2.85 bits per heavy atom. The first-order chi connectivity index (χ1) is 12.9. The third kappa shape index (κ3) is 2.83. The number of alkyl halides is 1. The number of hydrogen-bond donors (Lipinski definition) is 1.